The van der Waals surface area contributed by atoms with Crippen LogP contribution in [0.2, 0.25) is 0 Å². The van der Waals surface area contributed by atoms with E-state index in [2.05, 4.69) is 35.6 Å². The summed E-state index contributed by atoms with van der Waals surface area (Å²) in [4.78, 5) is 39.2. The normalized spacial score (nSPS) is 14.3. The van der Waals surface area contributed by atoms with Crippen molar-refractivity contribution in [3.63, 3.8) is 0 Å². The van der Waals surface area contributed by atoms with Crippen LogP contribution in [0.5, 0.6) is 0 Å². The largest absolute Gasteiger partial charge is 0.339 e. The van der Waals surface area contributed by atoms with Gasteiger partial charge in [0.2, 0.25) is 5.91 Å². The molecular formula is C24H26N8O2. The number of carbonyl (C=O) groups excluding carboxylic acids is 2. The van der Waals surface area contributed by atoms with E-state index in [1.54, 1.807) is 35.4 Å². The first-order valence-electron chi connectivity index (χ1n) is 11.3. The van der Waals surface area contributed by atoms with Gasteiger partial charge in [-0.1, -0.05) is 6.42 Å². The van der Waals surface area contributed by atoms with Crippen molar-refractivity contribution in [1.82, 2.24) is 29.6 Å². The van der Waals surface area contributed by atoms with Gasteiger partial charge in [0.25, 0.3) is 5.91 Å². The molecule has 2 amide bonds. The number of likely N-dealkylation sites (tertiary alicyclic amines) is 1. The van der Waals surface area contributed by atoms with E-state index in [1.807, 2.05) is 19.3 Å². The Labute approximate surface area is 196 Å². The fourth-order valence-electron chi connectivity index (χ4n) is 4.16. The van der Waals surface area contributed by atoms with Crippen LogP contribution in [-0.2, 0) is 11.8 Å². The van der Waals surface area contributed by atoms with Crippen molar-refractivity contribution in [2.75, 3.05) is 30.3 Å². The molecule has 0 saturated carbocycles. The Hall–Kier alpha value is -4.05. The highest BCUT2D eigenvalue weighted by Crippen LogP contribution is 2.23. The second-order valence-electron chi connectivity index (χ2n) is 8.55. The molecule has 0 bridgehead atoms. The summed E-state index contributed by atoms with van der Waals surface area (Å²) in [6.45, 7) is 2.26. The predicted octanol–water partition coefficient (Wildman–Crippen LogP) is 3.04. The van der Waals surface area contributed by atoms with E-state index in [1.165, 1.54) is 12.6 Å². The maximum Gasteiger partial charge on any atom is 0.257 e. The van der Waals surface area contributed by atoms with Gasteiger partial charge < -0.3 is 15.6 Å². The molecule has 0 aromatic carbocycles. The molecule has 5 heterocycles. The second kappa shape index (κ2) is 9.44. The Kier molecular flexibility index (Phi) is 6.05. The Morgan fingerprint density at radius 2 is 1.79 bits per heavy atom. The molecular weight excluding hydrogens is 432 g/mol. The molecule has 0 radical (unpaired) electrons. The first-order chi connectivity index (χ1) is 16.5. The van der Waals surface area contributed by atoms with Crippen LogP contribution in [0.15, 0.2) is 49.2 Å². The molecule has 0 aliphatic carbocycles. The van der Waals surface area contributed by atoms with Crippen LogP contribution in [0.1, 0.15) is 29.6 Å². The zero-order valence-corrected chi connectivity index (χ0v) is 18.9. The van der Waals surface area contributed by atoms with E-state index in [9.17, 15) is 9.59 Å². The number of carbonyl (C=O) groups is 2. The lowest BCUT2D eigenvalue weighted by Crippen LogP contribution is -2.36. The highest BCUT2D eigenvalue weighted by atomic mass is 16.2. The van der Waals surface area contributed by atoms with Crippen LogP contribution < -0.4 is 10.6 Å². The number of piperidine rings is 1. The number of aromatic nitrogens is 5. The van der Waals surface area contributed by atoms with E-state index in [-0.39, 0.29) is 11.8 Å². The second-order valence-corrected chi connectivity index (χ2v) is 8.55. The summed E-state index contributed by atoms with van der Waals surface area (Å²) >= 11 is 0. The van der Waals surface area contributed by atoms with E-state index in [0.717, 1.165) is 42.6 Å². The van der Waals surface area contributed by atoms with Gasteiger partial charge >= 0.3 is 0 Å². The van der Waals surface area contributed by atoms with Gasteiger partial charge in [-0.2, -0.15) is 5.10 Å². The lowest BCUT2D eigenvalue weighted by atomic mass is 10.1. The van der Waals surface area contributed by atoms with Crippen LogP contribution >= 0.6 is 0 Å². The minimum absolute atomic E-state index is 0.0845. The van der Waals surface area contributed by atoms with Crippen molar-refractivity contribution in [3.05, 3.63) is 54.7 Å². The number of nitrogens with one attached hydrogen (secondary N) is 3. The summed E-state index contributed by atoms with van der Waals surface area (Å²) in [6.07, 6.45) is 11.8. The summed E-state index contributed by atoms with van der Waals surface area (Å²) < 4.78 is 1.73. The van der Waals surface area contributed by atoms with Gasteiger partial charge in [-0.05, 0) is 44.1 Å². The molecule has 174 valence electrons. The third-order valence-corrected chi connectivity index (χ3v) is 5.84. The van der Waals surface area contributed by atoms with Gasteiger partial charge in [0, 0.05) is 30.4 Å². The monoisotopic (exact) mass is 458 g/mol. The number of nitrogens with zero attached hydrogens (tertiary/aromatic N) is 5. The van der Waals surface area contributed by atoms with Gasteiger partial charge in [0.05, 0.1) is 47.8 Å². The molecule has 10 heteroatoms. The minimum atomic E-state index is -0.308. The van der Waals surface area contributed by atoms with Gasteiger partial charge in [0.1, 0.15) is 5.65 Å². The SMILES string of the molecule is Cn1cc(-c2cc3cc(C(=O)Nc4cncc(NC(=O)CN5CCCCC5)c4)cnc3[nH]2)cn1. The summed E-state index contributed by atoms with van der Waals surface area (Å²) in [7, 11) is 1.86. The number of aromatic amines is 1. The molecule has 5 rings (SSSR count). The maximum atomic E-state index is 12.8. The molecule has 10 nitrogen and oxygen atoms in total. The minimum Gasteiger partial charge on any atom is -0.339 e. The van der Waals surface area contributed by atoms with Crippen LogP contribution in [0.3, 0.4) is 0 Å². The number of anilines is 2. The van der Waals surface area contributed by atoms with Crippen LogP contribution in [-0.4, -0.2) is 61.1 Å². The summed E-state index contributed by atoms with van der Waals surface area (Å²) in [5.74, 6) is -0.393. The summed E-state index contributed by atoms with van der Waals surface area (Å²) in [5, 5.41) is 10.7. The average Bonchev–Trinajstić information content (AvgIpc) is 3.45. The van der Waals surface area contributed by atoms with Crippen LogP contribution in [0, 0.1) is 0 Å². The number of fused-ring (bicyclic) bond motifs is 1. The standard InChI is InChI=1S/C24H26N8O2/c1-31-14-18(11-27-31)21-8-16-7-17(10-26-23(16)30-21)24(34)29-20-9-19(12-25-13-20)28-22(33)15-32-5-3-2-4-6-32/h7-14H,2-6,15H2,1H3,(H,26,30)(H,28,33)(H,29,34). The molecule has 0 spiro atoms. The van der Waals surface area contributed by atoms with Crippen molar-refractivity contribution in [2.24, 2.45) is 7.05 Å². The van der Waals surface area contributed by atoms with Crippen molar-refractivity contribution >= 4 is 34.2 Å². The van der Waals surface area contributed by atoms with E-state index < -0.39 is 0 Å². The van der Waals surface area contributed by atoms with E-state index >= 15 is 0 Å². The first kappa shape index (κ1) is 21.8. The zero-order valence-electron chi connectivity index (χ0n) is 18.9. The van der Waals surface area contributed by atoms with E-state index in [4.69, 9.17) is 0 Å². The topological polar surface area (TPSA) is 121 Å². The Morgan fingerprint density at radius 1 is 1.00 bits per heavy atom. The lowest BCUT2D eigenvalue weighted by Gasteiger charge is -2.25. The molecule has 0 atom stereocenters. The van der Waals surface area contributed by atoms with Gasteiger partial charge in [-0.25, -0.2) is 4.98 Å². The molecule has 1 fully saturated rings. The fraction of sp³-hybridized carbons (Fsp3) is 0.292. The van der Waals surface area contributed by atoms with Crippen molar-refractivity contribution < 1.29 is 9.59 Å². The zero-order chi connectivity index (χ0) is 23.5. The molecule has 3 N–H and O–H groups in total. The smallest absolute Gasteiger partial charge is 0.257 e. The number of hydrogen-bond donors (Lipinski definition) is 3. The van der Waals surface area contributed by atoms with Crippen LogP contribution in [0.4, 0.5) is 11.4 Å². The number of aryl methyl sites for hydroxylation is 1. The summed E-state index contributed by atoms with van der Waals surface area (Å²) in [5.41, 5.74) is 3.97. The quantitative estimate of drug-likeness (QED) is 0.408. The Balaban J connectivity index is 1.25. The number of hydrogen-bond acceptors (Lipinski definition) is 6. The molecule has 0 unspecified atom stereocenters. The van der Waals surface area contributed by atoms with Gasteiger partial charge in [-0.3, -0.25) is 24.2 Å². The Morgan fingerprint density at radius 3 is 2.56 bits per heavy atom. The maximum absolute atomic E-state index is 12.8. The number of amides is 2. The van der Waals surface area contributed by atoms with Crippen molar-refractivity contribution in [1.29, 1.82) is 0 Å². The molecule has 4 aromatic rings. The third kappa shape index (κ3) is 4.96. The summed E-state index contributed by atoms with van der Waals surface area (Å²) in [6, 6.07) is 5.42. The molecule has 1 aliphatic heterocycles. The van der Waals surface area contributed by atoms with Crippen LogP contribution in [0.25, 0.3) is 22.3 Å². The third-order valence-electron chi connectivity index (χ3n) is 5.84. The average molecular weight is 459 g/mol. The lowest BCUT2D eigenvalue weighted by molar-refractivity contribution is -0.117. The number of H-pyrrole nitrogens is 1. The molecule has 4 aromatic heterocycles. The molecule has 1 aliphatic rings. The van der Waals surface area contributed by atoms with Crippen molar-refractivity contribution in [3.8, 4) is 11.3 Å². The van der Waals surface area contributed by atoms with Gasteiger partial charge in [0.15, 0.2) is 0 Å². The van der Waals surface area contributed by atoms with Crippen molar-refractivity contribution in [2.45, 2.75) is 19.3 Å². The fourth-order valence-corrected chi connectivity index (χ4v) is 4.16. The van der Waals surface area contributed by atoms with E-state index in [0.29, 0.717) is 29.1 Å². The number of rotatable bonds is 6. The number of pyridine rings is 2. The predicted molar refractivity (Wildman–Crippen MR) is 129 cm³/mol. The first-order valence-corrected chi connectivity index (χ1v) is 11.3. The highest BCUT2D eigenvalue weighted by Gasteiger charge is 2.15. The van der Waals surface area contributed by atoms with Gasteiger partial charge in [-0.15, -0.1) is 0 Å². The molecule has 1 saturated heterocycles. The Bertz CT molecular complexity index is 1340. The highest BCUT2D eigenvalue weighted by molar-refractivity contribution is 6.06. The molecule has 34 heavy (non-hydrogen) atoms.